The highest BCUT2D eigenvalue weighted by molar-refractivity contribution is 8.03. The van der Waals surface area contributed by atoms with E-state index in [0.29, 0.717) is 16.9 Å². The lowest BCUT2D eigenvalue weighted by molar-refractivity contribution is -0.0480. The topological polar surface area (TPSA) is 26.0 Å². The quantitative estimate of drug-likeness (QED) is 0.202. The van der Waals surface area contributed by atoms with Crippen molar-refractivity contribution in [3.05, 3.63) is 23.1 Å². The molecule has 0 aromatic heterocycles. The van der Waals surface area contributed by atoms with Gasteiger partial charge in [0.15, 0.2) is 0 Å². The number of hydrogen-bond donors (Lipinski definition) is 1. The Morgan fingerprint density at radius 1 is 0.973 bits per heavy atom. The van der Waals surface area contributed by atoms with Crippen LogP contribution in [-0.2, 0) is 0 Å². The summed E-state index contributed by atoms with van der Waals surface area (Å²) in [6.45, 7) is 19.2. The Kier molecular flexibility index (Phi) is 10.1. The summed E-state index contributed by atoms with van der Waals surface area (Å²) in [5.41, 5.74) is 9.73. The van der Waals surface area contributed by atoms with Crippen LogP contribution in [0, 0.1) is 52.3 Å². The summed E-state index contributed by atoms with van der Waals surface area (Å²) in [7, 11) is 0. The molecule has 0 aliphatic heterocycles. The number of rotatable bonds is 12. The first-order valence-electron chi connectivity index (χ1n) is 16.3. The maximum Gasteiger partial charge on any atom is 0.00724 e. The molecule has 0 saturated heterocycles. The Hall–Kier alpha value is -0.210. The third kappa shape index (κ3) is 6.58. The lowest BCUT2D eigenvalue weighted by Gasteiger charge is -2.58. The molecule has 0 heterocycles. The second-order valence-electron chi connectivity index (χ2n) is 15.2. The zero-order valence-electron chi connectivity index (χ0n) is 25.5. The normalized spacial score (nSPS) is 38.2. The standard InChI is InChI=1S/C35H61NS/c1-24(2)10-8-12-33(36)32-16-15-30-29-14-13-28-23-27(22-26(5)37-21-9-11-25(3)4)17-19-34(28,6)31(29)18-20-35(30,32)7/h13,24-25,27,29-33H,5,8-12,14-23,36H2,1-4,6-7H3/t27-,29?,30?,31?,32?,33-,34+,35+/m1/s1. The zero-order valence-corrected chi connectivity index (χ0v) is 26.3. The van der Waals surface area contributed by atoms with Crippen LogP contribution < -0.4 is 5.73 Å². The van der Waals surface area contributed by atoms with Crippen molar-refractivity contribution in [1.29, 1.82) is 0 Å². The number of thioether (sulfide) groups is 1. The van der Waals surface area contributed by atoms with Gasteiger partial charge in [-0.05, 0) is 134 Å². The molecule has 3 fully saturated rings. The maximum atomic E-state index is 6.94. The largest absolute Gasteiger partial charge is 0.327 e. The van der Waals surface area contributed by atoms with Gasteiger partial charge < -0.3 is 5.73 Å². The first-order chi connectivity index (χ1) is 17.5. The van der Waals surface area contributed by atoms with Crippen molar-refractivity contribution in [2.75, 3.05) is 5.75 Å². The van der Waals surface area contributed by atoms with Crippen molar-refractivity contribution in [1.82, 2.24) is 0 Å². The van der Waals surface area contributed by atoms with Crippen LogP contribution in [0.2, 0.25) is 0 Å². The second-order valence-corrected chi connectivity index (χ2v) is 16.5. The third-order valence-electron chi connectivity index (χ3n) is 11.9. The van der Waals surface area contributed by atoms with Crippen LogP contribution in [0.4, 0.5) is 0 Å². The number of fused-ring (bicyclic) bond motifs is 5. The van der Waals surface area contributed by atoms with Gasteiger partial charge >= 0.3 is 0 Å². The predicted molar refractivity (Wildman–Crippen MR) is 166 cm³/mol. The van der Waals surface area contributed by atoms with Crippen molar-refractivity contribution in [2.45, 2.75) is 137 Å². The van der Waals surface area contributed by atoms with Crippen molar-refractivity contribution in [2.24, 2.45) is 58.0 Å². The third-order valence-corrected chi connectivity index (χ3v) is 12.9. The Bertz CT molecular complexity index is 797. The van der Waals surface area contributed by atoms with Crippen molar-refractivity contribution < 1.29 is 0 Å². The SMILES string of the molecule is C=C(C[C@H]1CC[C@@]2(C)C(=CCC3C4CCC([C@H](N)CCCC(C)C)[C@@]4(C)CCC32)C1)SCCCC(C)C. The van der Waals surface area contributed by atoms with Gasteiger partial charge in [-0.25, -0.2) is 0 Å². The average molecular weight is 528 g/mol. The van der Waals surface area contributed by atoms with Gasteiger partial charge in [-0.15, -0.1) is 11.8 Å². The fourth-order valence-electron chi connectivity index (χ4n) is 9.71. The van der Waals surface area contributed by atoms with Gasteiger partial charge in [0.05, 0.1) is 0 Å². The maximum absolute atomic E-state index is 6.94. The molecule has 4 rings (SSSR count). The molecule has 0 bridgehead atoms. The molecular formula is C35H61NS. The summed E-state index contributed by atoms with van der Waals surface area (Å²) in [4.78, 5) is 1.45. The first-order valence-corrected chi connectivity index (χ1v) is 17.3. The lowest BCUT2D eigenvalue weighted by Crippen LogP contribution is -2.51. The van der Waals surface area contributed by atoms with Crippen LogP contribution in [0.5, 0.6) is 0 Å². The molecule has 4 aliphatic rings. The van der Waals surface area contributed by atoms with E-state index in [1.165, 1.54) is 101 Å². The monoisotopic (exact) mass is 527 g/mol. The van der Waals surface area contributed by atoms with E-state index >= 15 is 0 Å². The van der Waals surface area contributed by atoms with Gasteiger partial charge in [0, 0.05) is 6.04 Å². The van der Waals surface area contributed by atoms with E-state index in [1.807, 2.05) is 5.57 Å². The van der Waals surface area contributed by atoms with Gasteiger partial charge in [0.1, 0.15) is 0 Å². The minimum Gasteiger partial charge on any atom is -0.327 e. The van der Waals surface area contributed by atoms with E-state index in [9.17, 15) is 0 Å². The van der Waals surface area contributed by atoms with E-state index < -0.39 is 0 Å². The molecule has 0 spiro atoms. The highest BCUT2D eigenvalue weighted by Crippen LogP contribution is 2.67. The van der Waals surface area contributed by atoms with E-state index in [0.717, 1.165) is 41.4 Å². The molecule has 0 aromatic rings. The summed E-state index contributed by atoms with van der Waals surface area (Å²) in [6, 6.07) is 0.419. The number of hydrogen-bond acceptors (Lipinski definition) is 2. The zero-order chi connectivity index (χ0) is 26.8. The van der Waals surface area contributed by atoms with Crippen molar-refractivity contribution in [3.63, 3.8) is 0 Å². The summed E-state index contributed by atoms with van der Waals surface area (Å²) in [6.07, 6.45) is 21.8. The molecule has 2 N–H and O–H groups in total. The van der Waals surface area contributed by atoms with E-state index in [4.69, 9.17) is 5.73 Å². The van der Waals surface area contributed by atoms with E-state index in [2.05, 4.69) is 66.0 Å². The van der Waals surface area contributed by atoms with Crippen molar-refractivity contribution >= 4 is 11.8 Å². The van der Waals surface area contributed by atoms with Crippen LogP contribution >= 0.6 is 11.8 Å². The van der Waals surface area contributed by atoms with Crippen LogP contribution in [0.3, 0.4) is 0 Å². The summed E-state index contributed by atoms with van der Waals surface area (Å²) >= 11 is 2.05. The van der Waals surface area contributed by atoms with Gasteiger partial charge in [0.25, 0.3) is 0 Å². The fourth-order valence-corrected chi connectivity index (χ4v) is 10.7. The molecule has 8 atom stereocenters. The van der Waals surface area contributed by atoms with Gasteiger partial charge in [-0.3, -0.25) is 0 Å². The Morgan fingerprint density at radius 2 is 1.70 bits per heavy atom. The summed E-state index contributed by atoms with van der Waals surface area (Å²) < 4.78 is 0. The lowest BCUT2D eigenvalue weighted by atomic mass is 9.46. The van der Waals surface area contributed by atoms with Gasteiger partial charge in [0.2, 0.25) is 0 Å². The molecule has 37 heavy (non-hydrogen) atoms. The highest BCUT2D eigenvalue weighted by atomic mass is 32.2. The molecule has 3 saturated carbocycles. The second kappa shape index (κ2) is 12.5. The van der Waals surface area contributed by atoms with Crippen LogP contribution in [0.25, 0.3) is 0 Å². The first kappa shape index (κ1) is 29.8. The molecule has 1 nitrogen and oxygen atoms in total. The van der Waals surface area contributed by atoms with E-state index in [-0.39, 0.29) is 0 Å². The van der Waals surface area contributed by atoms with Crippen LogP contribution in [0.15, 0.2) is 23.1 Å². The van der Waals surface area contributed by atoms with Crippen LogP contribution in [-0.4, -0.2) is 11.8 Å². The minimum absolute atomic E-state index is 0.419. The Morgan fingerprint density at radius 3 is 2.43 bits per heavy atom. The molecule has 0 radical (unpaired) electrons. The fraction of sp³-hybridized carbons (Fsp3) is 0.886. The molecule has 0 amide bonds. The van der Waals surface area contributed by atoms with Crippen molar-refractivity contribution in [3.8, 4) is 0 Å². The molecule has 0 aromatic carbocycles. The average Bonchev–Trinajstić information content (AvgIpc) is 3.19. The smallest absolute Gasteiger partial charge is 0.00724 e. The molecular weight excluding hydrogens is 466 g/mol. The Labute approximate surface area is 235 Å². The summed E-state index contributed by atoms with van der Waals surface area (Å²) in [5, 5.41) is 0. The summed E-state index contributed by atoms with van der Waals surface area (Å²) in [5.74, 6) is 7.20. The molecule has 212 valence electrons. The van der Waals surface area contributed by atoms with Gasteiger partial charge in [-0.2, -0.15) is 0 Å². The van der Waals surface area contributed by atoms with Gasteiger partial charge in [-0.1, -0.05) is 79.0 Å². The highest BCUT2D eigenvalue weighted by Gasteiger charge is 2.59. The molecule has 4 unspecified atom stereocenters. The minimum atomic E-state index is 0.419. The molecule has 2 heteroatoms. The Balaban J connectivity index is 1.35. The molecule has 4 aliphatic carbocycles. The predicted octanol–water partition coefficient (Wildman–Crippen LogP) is 10.4. The van der Waals surface area contributed by atoms with E-state index in [1.54, 1.807) is 0 Å². The van der Waals surface area contributed by atoms with Crippen LogP contribution in [0.1, 0.15) is 131 Å². The number of nitrogens with two attached hydrogens (primary N) is 1. The number of allylic oxidation sites excluding steroid dienone is 3.